The lowest BCUT2D eigenvalue weighted by Gasteiger charge is -1.51. The van der Waals surface area contributed by atoms with Gasteiger partial charge in [0.05, 0.1) is 0 Å². The van der Waals surface area contributed by atoms with Crippen molar-refractivity contribution in [3.8, 4) is 0 Å². The molecule has 0 amide bonds. The number of rotatable bonds is 1. The molecule has 6 heavy (non-hydrogen) atoms. The molecule has 0 radical (unpaired) electrons. The third-order valence-electron chi connectivity index (χ3n) is 0.167. The molecule has 2 heteroatoms. The van der Waals surface area contributed by atoms with Gasteiger partial charge in [-0.2, -0.15) is 0 Å². The van der Waals surface area contributed by atoms with Gasteiger partial charge in [-0.15, -0.1) is 0 Å². The molecule has 0 aliphatic heterocycles. The number of hydrogen-bond donors (Lipinski definition) is 0. The van der Waals surface area contributed by atoms with Crippen LogP contribution in [-0.4, -0.2) is 13.1 Å². The molecule has 2 nitrogen and oxygen atoms in total. The van der Waals surface area contributed by atoms with Gasteiger partial charge >= 0.3 is 0 Å². The van der Waals surface area contributed by atoms with Gasteiger partial charge in [-0.25, -0.2) is 0 Å². The molecular formula is C4H8O2. The second-order valence-corrected chi connectivity index (χ2v) is 0.575. The van der Waals surface area contributed by atoms with E-state index in [9.17, 15) is 4.79 Å². The fraction of sp³-hybridized carbons (Fsp3) is 0.500. The summed E-state index contributed by atoms with van der Waals surface area (Å²) in [6, 6.07) is 0. The van der Waals surface area contributed by atoms with Crippen LogP contribution >= 0.6 is 0 Å². The number of aldehydes is 1. The summed E-state index contributed by atoms with van der Waals surface area (Å²) in [5.41, 5.74) is 0. The molecular weight excluding hydrogens is 80.0 g/mol. The largest absolute Gasteiger partial charge is 0.307 e. The van der Waals surface area contributed by atoms with Crippen LogP contribution in [-0.2, 0) is 9.59 Å². The molecule has 0 aliphatic rings. The minimum Gasteiger partial charge on any atom is -0.307 e. The monoisotopic (exact) mass is 88.1 g/mol. The van der Waals surface area contributed by atoms with Crippen molar-refractivity contribution in [1.82, 2.24) is 0 Å². The quantitative estimate of drug-likeness (QED) is 0.435. The summed E-state index contributed by atoms with van der Waals surface area (Å²) in [5, 5.41) is 0. The van der Waals surface area contributed by atoms with Crippen molar-refractivity contribution < 1.29 is 9.59 Å². The second kappa shape index (κ2) is 27.0. The van der Waals surface area contributed by atoms with Crippen LogP contribution in [0.5, 0.6) is 0 Å². The molecule has 36 valence electrons. The van der Waals surface area contributed by atoms with Crippen LogP contribution in [0.2, 0.25) is 0 Å². The third-order valence-corrected chi connectivity index (χ3v) is 0.167. The molecule has 0 spiro atoms. The Morgan fingerprint density at radius 2 is 1.83 bits per heavy atom. The van der Waals surface area contributed by atoms with Gasteiger partial charge in [0.25, 0.3) is 0 Å². The van der Waals surface area contributed by atoms with E-state index in [1.165, 1.54) is 0 Å². The maximum Gasteiger partial charge on any atom is 0.119 e. The zero-order valence-electron chi connectivity index (χ0n) is 3.81. The third kappa shape index (κ3) is 158. The lowest BCUT2D eigenvalue weighted by molar-refractivity contribution is -0.107. The summed E-state index contributed by atoms with van der Waals surface area (Å²) >= 11 is 0. The van der Waals surface area contributed by atoms with E-state index in [2.05, 4.69) is 0 Å². The molecule has 0 unspecified atom stereocenters. The highest BCUT2D eigenvalue weighted by molar-refractivity contribution is 5.48. The van der Waals surface area contributed by atoms with Gasteiger partial charge in [-0.05, 0) is 0 Å². The van der Waals surface area contributed by atoms with E-state index in [0.717, 1.165) is 6.29 Å². The molecule has 0 aromatic rings. The lowest BCUT2D eigenvalue weighted by atomic mass is 10.6. The Morgan fingerprint density at radius 1 is 1.67 bits per heavy atom. The zero-order valence-corrected chi connectivity index (χ0v) is 3.81. The van der Waals surface area contributed by atoms with Gasteiger partial charge in [0, 0.05) is 6.42 Å². The highest BCUT2D eigenvalue weighted by Gasteiger charge is 1.52. The van der Waals surface area contributed by atoms with Gasteiger partial charge in [0.2, 0.25) is 0 Å². The predicted molar refractivity (Wildman–Crippen MR) is 23.5 cm³/mol. The molecule has 0 fully saturated rings. The first kappa shape index (κ1) is 9.02. The molecule has 0 rings (SSSR count). The van der Waals surface area contributed by atoms with Crippen molar-refractivity contribution >= 4 is 13.1 Å². The first-order valence-electron chi connectivity index (χ1n) is 1.64. The number of carbonyl (C=O) groups excluding carboxylic acids is 2. The van der Waals surface area contributed by atoms with Gasteiger partial charge in [0.15, 0.2) is 0 Å². The predicted octanol–water partition coefficient (Wildman–Crippen LogP) is 0.410. The van der Waals surface area contributed by atoms with Crippen molar-refractivity contribution in [3.63, 3.8) is 0 Å². The Labute approximate surface area is 37.2 Å². The molecule has 0 atom stereocenters. The fourth-order valence-electron chi connectivity index (χ4n) is 0. The average Bonchev–Trinajstić information content (AvgIpc) is 1.72. The normalized spacial score (nSPS) is 4.83. The molecule has 0 heterocycles. The maximum absolute atomic E-state index is 9.17. The minimum absolute atomic E-state index is 0.639. The maximum atomic E-state index is 9.17. The Bertz CT molecular complexity index is 26.7. The summed E-state index contributed by atoms with van der Waals surface area (Å²) in [4.78, 5) is 17.2. The summed E-state index contributed by atoms with van der Waals surface area (Å²) < 4.78 is 0. The minimum atomic E-state index is 0.639. The molecule has 0 bridgehead atoms. The first-order valence-corrected chi connectivity index (χ1v) is 1.64. The SMILES string of the molecule is C=O.CCC=O. The lowest BCUT2D eigenvalue weighted by Crippen LogP contribution is -1.55. The van der Waals surface area contributed by atoms with E-state index in [-0.39, 0.29) is 0 Å². The molecule has 0 aromatic heterocycles. The fourth-order valence-corrected chi connectivity index (χ4v) is 0. The highest BCUT2D eigenvalue weighted by Crippen LogP contribution is 1.53. The van der Waals surface area contributed by atoms with Crippen molar-refractivity contribution in [3.05, 3.63) is 0 Å². The van der Waals surface area contributed by atoms with E-state index >= 15 is 0 Å². The van der Waals surface area contributed by atoms with Crippen LogP contribution < -0.4 is 0 Å². The molecule has 0 saturated heterocycles. The highest BCUT2D eigenvalue weighted by atomic mass is 16.1. The first-order chi connectivity index (χ1) is 2.91. The topological polar surface area (TPSA) is 34.1 Å². The van der Waals surface area contributed by atoms with Crippen molar-refractivity contribution in [2.45, 2.75) is 13.3 Å². The van der Waals surface area contributed by atoms with Crippen LogP contribution in [0.15, 0.2) is 0 Å². The Kier molecular flexibility index (Phi) is 40.5. The number of hydrogen-bond acceptors (Lipinski definition) is 2. The molecule has 0 aliphatic carbocycles. The van der Waals surface area contributed by atoms with E-state index < -0.39 is 0 Å². The van der Waals surface area contributed by atoms with Crippen LogP contribution in [0.1, 0.15) is 13.3 Å². The number of carbonyl (C=O) groups is 2. The van der Waals surface area contributed by atoms with E-state index in [0.29, 0.717) is 6.42 Å². The summed E-state index contributed by atoms with van der Waals surface area (Å²) in [7, 11) is 0. The smallest absolute Gasteiger partial charge is 0.119 e. The average molecular weight is 88.1 g/mol. The van der Waals surface area contributed by atoms with Gasteiger partial charge in [-0.1, -0.05) is 6.92 Å². The van der Waals surface area contributed by atoms with Crippen LogP contribution in [0.4, 0.5) is 0 Å². The molecule has 0 saturated carbocycles. The van der Waals surface area contributed by atoms with Crippen LogP contribution in [0, 0.1) is 0 Å². The van der Waals surface area contributed by atoms with E-state index in [1.807, 2.05) is 13.7 Å². The van der Waals surface area contributed by atoms with Crippen molar-refractivity contribution in [2.24, 2.45) is 0 Å². The van der Waals surface area contributed by atoms with E-state index in [1.54, 1.807) is 0 Å². The molecule has 0 N–H and O–H groups in total. The summed E-state index contributed by atoms with van der Waals surface area (Å²) in [6.45, 7) is 3.81. The van der Waals surface area contributed by atoms with Gasteiger partial charge in [0.1, 0.15) is 13.1 Å². The van der Waals surface area contributed by atoms with Crippen LogP contribution in [0.25, 0.3) is 0 Å². The second-order valence-electron chi connectivity index (χ2n) is 0.575. The Hall–Kier alpha value is -0.660. The Morgan fingerprint density at radius 3 is 1.83 bits per heavy atom. The standard InChI is InChI=1S/C3H6O.CH2O/c1-2-3-4;1-2/h3H,2H2,1H3;1H2. The Balaban J connectivity index is 0. The summed E-state index contributed by atoms with van der Waals surface area (Å²) in [6.07, 6.45) is 1.51. The molecule has 0 aromatic carbocycles. The van der Waals surface area contributed by atoms with Crippen LogP contribution in [0.3, 0.4) is 0 Å². The van der Waals surface area contributed by atoms with Crippen molar-refractivity contribution in [1.29, 1.82) is 0 Å². The van der Waals surface area contributed by atoms with Crippen molar-refractivity contribution in [2.75, 3.05) is 0 Å². The summed E-state index contributed by atoms with van der Waals surface area (Å²) in [5.74, 6) is 0. The van der Waals surface area contributed by atoms with Gasteiger partial charge < -0.3 is 9.59 Å². The zero-order chi connectivity index (χ0) is 5.41. The van der Waals surface area contributed by atoms with E-state index in [4.69, 9.17) is 4.79 Å². The van der Waals surface area contributed by atoms with Gasteiger partial charge in [-0.3, -0.25) is 0 Å².